The number of amides is 1. The van der Waals surface area contributed by atoms with E-state index in [9.17, 15) is 13.2 Å². The SMILES string of the molecule is COC(C)C(=O)Nc1cccc(NS(N)(=O)=O)c1. The van der Waals surface area contributed by atoms with Crippen LogP contribution < -0.4 is 15.2 Å². The van der Waals surface area contributed by atoms with Gasteiger partial charge in [-0.25, -0.2) is 5.14 Å². The Hall–Kier alpha value is -1.64. The van der Waals surface area contributed by atoms with Gasteiger partial charge in [0.2, 0.25) is 0 Å². The van der Waals surface area contributed by atoms with Gasteiger partial charge in [0.25, 0.3) is 16.1 Å². The lowest BCUT2D eigenvalue weighted by Gasteiger charge is -2.11. The topological polar surface area (TPSA) is 111 Å². The first kappa shape index (κ1) is 14.4. The van der Waals surface area contributed by atoms with Crippen molar-refractivity contribution in [1.82, 2.24) is 0 Å². The Kier molecular flexibility index (Phi) is 4.65. The first-order valence-corrected chi connectivity index (χ1v) is 6.60. The molecule has 1 unspecified atom stereocenters. The van der Waals surface area contributed by atoms with E-state index < -0.39 is 16.3 Å². The number of hydrogen-bond donors (Lipinski definition) is 3. The molecule has 0 saturated carbocycles. The third kappa shape index (κ3) is 4.70. The molecule has 0 bridgehead atoms. The highest BCUT2D eigenvalue weighted by Gasteiger charge is 2.11. The lowest BCUT2D eigenvalue weighted by molar-refractivity contribution is -0.124. The molecule has 0 aromatic heterocycles. The van der Waals surface area contributed by atoms with E-state index in [-0.39, 0.29) is 11.6 Å². The predicted molar refractivity (Wildman–Crippen MR) is 68.3 cm³/mol. The van der Waals surface area contributed by atoms with Gasteiger partial charge >= 0.3 is 0 Å². The summed E-state index contributed by atoms with van der Waals surface area (Å²) in [5.74, 6) is -0.328. The Morgan fingerprint density at radius 3 is 2.56 bits per heavy atom. The average molecular weight is 273 g/mol. The molecule has 100 valence electrons. The monoisotopic (exact) mass is 273 g/mol. The van der Waals surface area contributed by atoms with Crippen LogP contribution >= 0.6 is 0 Å². The van der Waals surface area contributed by atoms with Gasteiger partial charge in [-0.05, 0) is 25.1 Å². The Bertz CT molecular complexity index is 530. The normalized spacial score (nSPS) is 12.8. The Morgan fingerprint density at radius 2 is 2.00 bits per heavy atom. The summed E-state index contributed by atoms with van der Waals surface area (Å²) in [5.41, 5.74) is 0.706. The first-order chi connectivity index (χ1) is 8.31. The molecule has 1 atom stereocenters. The summed E-state index contributed by atoms with van der Waals surface area (Å²) in [7, 11) is -2.41. The molecule has 1 aromatic rings. The van der Waals surface area contributed by atoms with E-state index in [0.717, 1.165) is 0 Å². The molecule has 0 heterocycles. The van der Waals surface area contributed by atoms with Crippen molar-refractivity contribution in [3.63, 3.8) is 0 Å². The van der Waals surface area contributed by atoms with E-state index in [1.165, 1.54) is 19.2 Å². The third-order valence-corrected chi connectivity index (χ3v) is 2.63. The van der Waals surface area contributed by atoms with Crippen LogP contribution in [0.5, 0.6) is 0 Å². The van der Waals surface area contributed by atoms with Crippen molar-refractivity contribution < 1.29 is 17.9 Å². The van der Waals surface area contributed by atoms with Gasteiger partial charge in [0.05, 0.1) is 5.69 Å². The smallest absolute Gasteiger partial charge is 0.296 e. The fourth-order valence-corrected chi connectivity index (χ4v) is 1.63. The summed E-state index contributed by atoms with van der Waals surface area (Å²) in [6.07, 6.45) is -0.597. The molecule has 8 heteroatoms. The molecule has 0 aliphatic heterocycles. The van der Waals surface area contributed by atoms with Crippen LogP contribution in [0.15, 0.2) is 24.3 Å². The Balaban J connectivity index is 2.80. The summed E-state index contributed by atoms with van der Waals surface area (Å²) < 4.78 is 28.7. The molecule has 4 N–H and O–H groups in total. The maximum atomic E-state index is 11.5. The van der Waals surface area contributed by atoms with Crippen molar-refractivity contribution in [3.05, 3.63) is 24.3 Å². The summed E-state index contributed by atoms with van der Waals surface area (Å²) >= 11 is 0. The van der Waals surface area contributed by atoms with E-state index in [1.54, 1.807) is 19.1 Å². The van der Waals surface area contributed by atoms with Crippen molar-refractivity contribution in [2.75, 3.05) is 17.1 Å². The number of ether oxygens (including phenoxy) is 1. The summed E-state index contributed by atoms with van der Waals surface area (Å²) in [6.45, 7) is 1.60. The van der Waals surface area contributed by atoms with Crippen molar-refractivity contribution in [1.29, 1.82) is 0 Å². The molecule has 18 heavy (non-hydrogen) atoms. The van der Waals surface area contributed by atoms with Gasteiger partial charge in [-0.2, -0.15) is 8.42 Å². The number of methoxy groups -OCH3 is 1. The van der Waals surface area contributed by atoms with Crippen LogP contribution in [0.1, 0.15) is 6.92 Å². The van der Waals surface area contributed by atoms with Crippen molar-refractivity contribution >= 4 is 27.5 Å². The lowest BCUT2D eigenvalue weighted by atomic mass is 10.2. The highest BCUT2D eigenvalue weighted by molar-refractivity contribution is 7.90. The molecule has 0 aliphatic rings. The van der Waals surface area contributed by atoms with Crippen LogP contribution in [-0.2, 0) is 19.7 Å². The molecule has 0 aliphatic carbocycles. The highest BCUT2D eigenvalue weighted by atomic mass is 32.2. The van der Waals surface area contributed by atoms with Crippen molar-refractivity contribution in [2.24, 2.45) is 5.14 Å². The number of carbonyl (C=O) groups excluding carboxylic acids is 1. The minimum Gasteiger partial charge on any atom is -0.372 e. The van der Waals surface area contributed by atoms with E-state index in [2.05, 4.69) is 10.0 Å². The Labute approximate surface area is 106 Å². The van der Waals surface area contributed by atoms with Crippen molar-refractivity contribution in [2.45, 2.75) is 13.0 Å². The van der Waals surface area contributed by atoms with Gasteiger partial charge < -0.3 is 10.1 Å². The zero-order valence-corrected chi connectivity index (χ0v) is 10.8. The van der Waals surface area contributed by atoms with Crippen LogP contribution in [0.4, 0.5) is 11.4 Å². The number of carbonyl (C=O) groups is 1. The summed E-state index contributed by atoms with van der Waals surface area (Å²) in [5, 5.41) is 7.42. The van der Waals surface area contributed by atoms with Gasteiger partial charge in [0, 0.05) is 12.8 Å². The number of nitrogens with two attached hydrogens (primary N) is 1. The first-order valence-electron chi connectivity index (χ1n) is 5.06. The quantitative estimate of drug-likeness (QED) is 0.715. The van der Waals surface area contributed by atoms with Crippen LogP contribution in [0.3, 0.4) is 0 Å². The second-order valence-electron chi connectivity index (χ2n) is 3.60. The number of anilines is 2. The van der Waals surface area contributed by atoms with Crippen LogP contribution in [-0.4, -0.2) is 27.5 Å². The average Bonchev–Trinajstić information content (AvgIpc) is 2.26. The number of benzene rings is 1. The molecular formula is C10H15N3O4S. The minimum atomic E-state index is -3.83. The fourth-order valence-electron chi connectivity index (χ4n) is 1.18. The largest absolute Gasteiger partial charge is 0.372 e. The van der Waals surface area contributed by atoms with Crippen molar-refractivity contribution in [3.8, 4) is 0 Å². The molecule has 1 rings (SSSR count). The third-order valence-electron chi connectivity index (χ3n) is 2.11. The predicted octanol–water partition coefficient (Wildman–Crippen LogP) is 0.275. The van der Waals surface area contributed by atoms with Crippen LogP contribution in [0, 0.1) is 0 Å². The van der Waals surface area contributed by atoms with E-state index >= 15 is 0 Å². The van der Waals surface area contributed by atoms with Gasteiger partial charge in [-0.3, -0.25) is 9.52 Å². The number of hydrogen-bond acceptors (Lipinski definition) is 4. The molecule has 0 saturated heterocycles. The maximum Gasteiger partial charge on any atom is 0.296 e. The van der Waals surface area contributed by atoms with Gasteiger partial charge in [-0.1, -0.05) is 6.07 Å². The number of rotatable bonds is 5. The van der Waals surface area contributed by atoms with Crippen LogP contribution in [0.25, 0.3) is 0 Å². The summed E-state index contributed by atoms with van der Waals surface area (Å²) in [4.78, 5) is 11.5. The second kappa shape index (κ2) is 5.80. The number of nitrogens with one attached hydrogen (secondary N) is 2. The zero-order valence-electron chi connectivity index (χ0n) is 10.0. The van der Waals surface area contributed by atoms with E-state index in [0.29, 0.717) is 5.69 Å². The maximum absolute atomic E-state index is 11.5. The molecule has 0 spiro atoms. The molecule has 7 nitrogen and oxygen atoms in total. The molecule has 1 amide bonds. The van der Waals surface area contributed by atoms with E-state index in [1.807, 2.05) is 0 Å². The standard InChI is InChI=1S/C10H15N3O4S/c1-7(17-2)10(14)12-8-4-3-5-9(6-8)13-18(11,15)16/h3-7,13H,1-2H3,(H,12,14)(H2,11,15,16). The highest BCUT2D eigenvalue weighted by Crippen LogP contribution is 2.16. The van der Waals surface area contributed by atoms with Crippen LogP contribution in [0.2, 0.25) is 0 Å². The van der Waals surface area contributed by atoms with Gasteiger partial charge in [-0.15, -0.1) is 0 Å². The molecule has 0 fully saturated rings. The molecule has 0 radical (unpaired) electrons. The summed E-state index contributed by atoms with van der Waals surface area (Å²) in [6, 6.07) is 6.17. The van der Waals surface area contributed by atoms with Gasteiger partial charge in [0.1, 0.15) is 6.10 Å². The zero-order chi connectivity index (χ0) is 13.8. The molecular weight excluding hydrogens is 258 g/mol. The second-order valence-corrected chi connectivity index (χ2v) is 4.89. The Morgan fingerprint density at radius 1 is 1.39 bits per heavy atom. The minimum absolute atomic E-state index is 0.264. The van der Waals surface area contributed by atoms with E-state index in [4.69, 9.17) is 9.88 Å². The lowest BCUT2D eigenvalue weighted by Crippen LogP contribution is -2.26. The van der Waals surface area contributed by atoms with Gasteiger partial charge in [0.15, 0.2) is 0 Å². The molecule has 1 aromatic carbocycles. The fraction of sp³-hybridized carbons (Fsp3) is 0.300.